The number of ketones is 1. The van der Waals surface area contributed by atoms with Crippen LogP contribution in [0.3, 0.4) is 0 Å². The SMILES string of the molecule is CCC1=C(C)c2cc3[n-]c(cc4nc(c5c6[n-]c(cc1n2)c(C)c6C([O-])=C5C(=O)OC)[C@@H](CCC(=O)[O-])[C@@H]4C)c(C)c3C(C)=O.[Mg+2]. The summed E-state index contributed by atoms with van der Waals surface area (Å²) in [5.74, 6) is -3.48. The van der Waals surface area contributed by atoms with Gasteiger partial charge in [-0.3, -0.25) is 9.78 Å². The van der Waals surface area contributed by atoms with Crippen LogP contribution in [0.5, 0.6) is 0 Å². The third-order valence-electron chi connectivity index (χ3n) is 9.33. The number of rotatable bonds is 6. The Kier molecular flexibility index (Phi) is 8.78. The molecule has 1 aliphatic carbocycles. The molecular weight excluding hydrogens is 597 g/mol. The predicted octanol–water partition coefficient (Wildman–Crippen LogP) is 3.48. The first-order valence-corrected chi connectivity index (χ1v) is 15.0. The normalized spacial score (nSPS) is 16.9. The van der Waals surface area contributed by atoms with Gasteiger partial charge >= 0.3 is 29.0 Å². The van der Waals surface area contributed by atoms with Crippen molar-refractivity contribution in [1.29, 1.82) is 0 Å². The number of hydrogen-bond acceptors (Lipinski definition) is 8. The second-order valence-corrected chi connectivity index (χ2v) is 11.9. The molecule has 6 rings (SSSR count). The smallest absolute Gasteiger partial charge is 0.871 e. The van der Waals surface area contributed by atoms with Crippen LogP contribution in [0.15, 0.2) is 18.2 Å². The summed E-state index contributed by atoms with van der Waals surface area (Å²) >= 11 is 0. The second kappa shape index (κ2) is 12.2. The van der Waals surface area contributed by atoms with Gasteiger partial charge in [-0.25, -0.2) is 9.78 Å². The van der Waals surface area contributed by atoms with E-state index in [2.05, 4.69) is 0 Å². The fourth-order valence-electron chi connectivity index (χ4n) is 6.91. The average molecular weight is 629 g/mol. The molecule has 0 saturated carbocycles. The number of aryl methyl sites for hydroxylation is 2. The van der Waals surface area contributed by atoms with Gasteiger partial charge in [-0.1, -0.05) is 48.9 Å². The Morgan fingerprint density at radius 1 is 0.957 bits per heavy atom. The maximum atomic E-state index is 13.9. The van der Waals surface area contributed by atoms with Gasteiger partial charge in [-0.2, -0.15) is 0 Å². The van der Waals surface area contributed by atoms with E-state index in [1.165, 1.54) is 14.0 Å². The molecule has 0 amide bonds. The van der Waals surface area contributed by atoms with Crippen LogP contribution in [0.1, 0.15) is 114 Å². The van der Waals surface area contributed by atoms with Crippen molar-refractivity contribution < 1.29 is 29.3 Å². The van der Waals surface area contributed by atoms with Gasteiger partial charge in [0.1, 0.15) is 0 Å². The van der Waals surface area contributed by atoms with Gasteiger partial charge in [0.15, 0.2) is 5.78 Å². The average Bonchev–Trinajstić information content (AvgIpc) is 3.72. The van der Waals surface area contributed by atoms with Gasteiger partial charge in [0.05, 0.1) is 29.8 Å². The summed E-state index contributed by atoms with van der Waals surface area (Å²) in [6.07, 6.45) is 0.596. The number of ether oxygens (including phenoxy) is 1. The second-order valence-electron chi connectivity index (χ2n) is 11.9. The van der Waals surface area contributed by atoms with Crippen LogP contribution >= 0.6 is 0 Å². The molecule has 46 heavy (non-hydrogen) atoms. The Morgan fingerprint density at radius 2 is 1.63 bits per heavy atom. The van der Waals surface area contributed by atoms with Crippen LogP contribution in [-0.2, 0) is 14.3 Å². The molecule has 8 bridgehead atoms. The van der Waals surface area contributed by atoms with E-state index in [-0.39, 0.29) is 58.7 Å². The number of carboxylic acid groups (broad SMARTS) is 1. The minimum atomic E-state index is -1.22. The van der Waals surface area contributed by atoms with Gasteiger partial charge in [0, 0.05) is 29.1 Å². The van der Waals surface area contributed by atoms with Crippen molar-refractivity contribution in [2.24, 2.45) is 0 Å². The maximum Gasteiger partial charge on any atom is 2.00 e. The topological polar surface area (TPSA) is 161 Å². The summed E-state index contributed by atoms with van der Waals surface area (Å²) in [5.41, 5.74) is 8.33. The molecule has 5 heterocycles. The van der Waals surface area contributed by atoms with E-state index < -0.39 is 23.6 Å². The van der Waals surface area contributed by atoms with Crippen LogP contribution in [0.4, 0.5) is 0 Å². The number of aliphatic carboxylic acids is 1. The molecule has 0 radical (unpaired) electrons. The van der Waals surface area contributed by atoms with E-state index >= 15 is 0 Å². The summed E-state index contributed by atoms with van der Waals surface area (Å²) < 4.78 is 5.05. The number of fused-ring (bicyclic) bond motifs is 8. The van der Waals surface area contributed by atoms with Gasteiger partial charge in [-0.15, -0.1) is 22.1 Å². The quantitative estimate of drug-likeness (QED) is 0.224. The Labute approximate surface area is 282 Å². The van der Waals surface area contributed by atoms with E-state index in [1.807, 2.05) is 39.8 Å². The number of hydrogen-bond donors (Lipinski definition) is 0. The number of carbonyl (C=O) groups excluding carboxylic acids is 3. The van der Waals surface area contributed by atoms with Crippen LogP contribution in [0.25, 0.3) is 44.5 Å². The Balaban J connectivity index is 0.00000417. The number of carboxylic acids is 1. The number of Topliss-reactive ketones (excluding diaryl/α,β-unsaturated/α-hetero) is 1. The third-order valence-corrected chi connectivity index (χ3v) is 9.33. The molecule has 0 aromatic carbocycles. The monoisotopic (exact) mass is 628 g/mol. The van der Waals surface area contributed by atoms with E-state index in [4.69, 9.17) is 24.7 Å². The zero-order valence-electron chi connectivity index (χ0n) is 27.0. The summed E-state index contributed by atoms with van der Waals surface area (Å²) in [7, 11) is 1.21. The number of carbonyl (C=O) groups is 3. The van der Waals surface area contributed by atoms with E-state index in [0.717, 1.165) is 11.1 Å². The largest absolute Gasteiger partial charge is 2.00 e. The molecule has 0 fully saturated rings. The summed E-state index contributed by atoms with van der Waals surface area (Å²) in [6.45, 7) is 11.0. The molecule has 10 nitrogen and oxygen atoms in total. The first-order valence-electron chi connectivity index (χ1n) is 15.0. The first-order chi connectivity index (χ1) is 21.4. The number of nitrogens with zero attached hydrogens (tertiary/aromatic N) is 4. The Bertz CT molecular complexity index is 2080. The minimum absolute atomic E-state index is 0. The molecule has 2 atom stereocenters. The van der Waals surface area contributed by atoms with E-state index in [1.54, 1.807) is 13.0 Å². The fourth-order valence-corrected chi connectivity index (χ4v) is 6.91. The predicted molar refractivity (Wildman–Crippen MR) is 171 cm³/mol. The van der Waals surface area contributed by atoms with Crippen molar-refractivity contribution in [3.05, 3.63) is 68.8 Å². The van der Waals surface area contributed by atoms with E-state index in [0.29, 0.717) is 73.5 Å². The van der Waals surface area contributed by atoms with E-state index in [9.17, 15) is 24.6 Å². The molecule has 3 aromatic heterocycles. The van der Waals surface area contributed by atoms with Crippen LogP contribution < -0.4 is 20.2 Å². The molecule has 3 aliphatic rings. The van der Waals surface area contributed by atoms with Crippen LogP contribution in [0, 0.1) is 13.8 Å². The van der Waals surface area contributed by atoms with Crippen molar-refractivity contribution in [3.63, 3.8) is 0 Å². The summed E-state index contributed by atoms with van der Waals surface area (Å²) in [5, 5.41) is 25.5. The van der Waals surface area contributed by atoms with Gasteiger partial charge in [-0.05, 0) is 69.2 Å². The molecule has 11 heteroatoms. The summed E-state index contributed by atoms with van der Waals surface area (Å²) in [6, 6.07) is 5.46. The number of esters is 1. The maximum absolute atomic E-state index is 13.9. The van der Waals surface area contributed by atoms with Gasteiger partial charge in [0.2, 0.25) is 0 Å². The number of methoxy groups -OCH3 is 1. The minimum Gasteiger partial charge on any atom is -0.871 e. The molecule has 0 unspecified atom stereocenters. The molecule has 0 N–H and O–H groups in total. The van der Waals surface area contributed by atoms with Crippen molar-refractivity contribution in [3.8, 4) is 0 Å². The zero-order chi connectivity index (χ0) is 32.5. The molecule has 3 aromatic rings. The number of allylic oxidation sites excluding steroid dienone is 2. The fraction of sp³-hybridized carbons (Fsp3) is 0.343. The van der Waals surface area contributed by atoms with Crippen molar-refractivity contribution in [2.75, 3.05) is 7.11 Å². The van der Waals surface area contributed by atoms with Crippen LogP contribution in [0.2, 0.25) is 0 Å². The molecule has 2 aliphatic heterocycles. The summed E-state index contributed by atoms with van der Waals surface area (Å²) in [4.78, 5) is 57.3. The molecule has 0 saturated heterocycles. The number of aromatic nitrogens is 4. The Hall–Kier alpha value is -4.22. The molecule has 232 valence electrons. The van der Waals surface area contributed by atoms with Crippen molar-refractivity contribution in [2.45, 2.75) is 72.6 Å². The zero-order valence-corrected chi connectivity index (χ0v) is 28.4. The third kappa shape index (κ3) is 5.05. The standard InChI is InChI=1S/C35H36N4O6.Mg/c1-8-19-14(2)21-13-26-28(18(6)40)16(4)23(37-26)11-22-15(3)20(9-10-27(41)42)32(38-22)30-31(35(44)45-7)34(43)29-17(5)24(39-33(29)30)12-25(19)36-21;/h11-13,15,20H,8-10H2,1-7H3,(H4,36,37,38,39,40,41,42,43,44);/q;+2/p-4/t15-,20-;/m0./s1. The first kappa shape index (κ1) is 33.1. The molecule has 0 spiro atoms. The van der Waals surface area contributed by atoms with Gasteiger partial charge in [0.25, 0.3) is 0 Å². The van der Waals surface area contributed by atoms with Gasteiger partial charge < -0.3 is 29.7 Å². The van der Waals surface area contributed by atoms with Crippen molar-refractivity contribution in [1.82, 2.24) is 19.9 Å². The van der Waals surface area contributed by atoms with Crippen LogP contribution in [-0.4, -0.2) is 57.9 Å². The van der Waals surface area contributed by atoms with Crippen molar-refractivity contribution >= 4 is 85.3 Å². The molecular formula is C35H32MgN4O6-2. The Morgan fingerprint density at radius 3 is 2.26 bits per heavy atom.